The van der Waals surface area contributed by atoms with Crippen LogP contribution in [0.3, 0.4) is 0 Å². The second kappa shape index (κ2) is 9.56. The lowest BCUT2D eigenvalue weighted by molar-refractivity contribution is -0.119. The Bertz CT molecular complexity index is 967. The molecule has 5 nitrogen and oxygen atoms in total. The highest BCUT2D eigenvalue weighted by Gasteiger charge is 2.11. The summed E-state index contributed by atoms with van der Waals surface area (Å²) >= 11 is 1.61. The summed E-state index contributed by atoms with van der Waals surface area (Å²) in [5.41, 5.74) is 4.30. The molecule has 0 fully saturated rings. The van der Waals surface area contributed by atoms with Crippen molar-refractivity contribution in [2.24, 2.45) is 0 Å². The van der Waals surface area contributed by atoms with E-state index in [2.05, 4.69) is 35.0 Å². The van der Waals surface area contributed by atoms with Crippen LogP contribution < -0.4 is 14.8 Å². The van der Waals surface area contributed by atoms with Gasteiger partial charge in [0, 0.05) is 29.5 Å². The summed E-state index contributed by atoms with van der Waals surface area (Å²) in [6.07, 6.45) is 1.84. The highest BCUT2D eigenvalue weighted by Crippen LogP contribution is 2.35. The van der Waals surface area contributed by atoms with Crippen LogP contribution >= 0.6 is 11.3 Å². The molecular formula is C23H26N2O3S. The third-order valence-electron chi connectivity index (χ3n) is 4.70. The normalized spacial score (nSPS) is 11.7. The Morgan fingerprint density at radius 2 is 1.76 bits per heavy atom. The molecule has 6 heteroatoms. The van der Waals surface area contributed by atoms with Crippen molar-refractivity contribution in [3.63, 3.8) is 0 Å². The van der Waals surface area contributed by atoms with Gasteiger partial charge < -0.3 is 14.8 Å². The summed E-state index contributed by atoms with van der Waals surface area (Å²) in [6.45, 7) is 3.58. The SMILES string of the molecule is COc1ccc(-c2nc(-c3ccc(CC[C@H](C)NC(C)=O)cc3)cs2)cc1OC. The molecule has 0 aliphatic rings. The van der Waals surface area contributed by atoms with E-state index in [1.165, 1.54) is 5.56 Å². The van der Waals surface area contributed by atoms with Crippen LogP contribution in [0.4, 0.5) is 0 Å². The highest BCUT2D eigenvalue weighted by molar-refractivity contribution is 7.13. The Morgan fingerprint density at radius 3 is 2.41 bits per heavy atom. The van der Waals surface area contributed by atoms with Crippen molar-refractivity contribution in [2.75, 3.05) is 14.2 Å². The molecule has 1 heterocycles. The van der Waals surface area contributed by atoms with Crippen molar-refractivity contribution < 1.29 is 14.3 Å². The molecule has 0 bridgehead atoms. The second-order valence-corrected chi connectivity index (χ2v) is 7.80. The lowest BCUT2D eigenvalue weighted by Crippen LogP contribution is -2.30. The third kappa shape index (κ3) is 5.35. The Labute approximate surface area is 175 Å². The molecule has 3 aromatic rings. The van der Waals surface area contributed by atoms with Gasteiger partial charge in [0.1, 0.15) is 5.01 Å². The van der Waals surface area contributed by atoms with Crippen LogP contribution in [-0.2, 0) is 11.2 Å². The highest BCUT2D eigenvalue weighted by atomic mass is 32.1. The van der Waals surface area contributed by atoms with E-state index in [0.717, 1.165) is 34.7 Å². The van der Waals surface area contributed by atoms with Gasteiger partial charge in [0.2, 0.25) is 5.91 Å². The number of benzene rings is 2. The van der Waals surface area contributed by atoms with Crippen LogP contribution in [0.15, 0.2) is 47.8 Å². The van der Waals surface area contributed by atoms with Crippen molar-refractivity contribution >= 4 is 17.2 Å². The zero-order valence-electron chi connectivity index (χ0n) is 17.2. The average molecular weight is 411 g/mol. The van der Waals surface area contributed by atoms with Gasteiger partial charge in [-0.25, -0.2) is 4.98 Å². The molecule has 29 heavy (non-hydrogen) atoms. The zero-order valence-corrected chi connectivity index (χ0v) is 18.0. The maximum atomic E-state index is 11.1. The number of ether oxygens (including phenoxy) is 2. The standard InChI is InChI=1S/C23H26N2O3S/c1-15(24-16(2)26)5-6-17-7-9-18(10-8-17)20-14-29-23(25-20)19-11-12-21(27-3)22(13-19)28-4/h7-15H,5-6H2,1-4H3,(H,24,26)/t15-/m0/s1. The molecule has 0 saturated heterocycles. The number of nitrogens with one attached hydrogen (secondary N) is 1. The smallest absolute Gasteiger partial charge is 0.217 e. The molecule has 3 rings (SSSR count). The maximum Gasteiger partial charge on any atom is 0.217 e. The molecule has 1 atom stereocenters. The topological polar surface area (TPSA) is 60.5 Å². The van der Waals surface area contributed by atoms with Crippen LogP contribution in [-0.4, -0.2) is 31.2 Å². The van der Waals surface area contributed by atoms with Gasteiger partial charge in [0.25, 0.3) is 0 Å². The third-order valence-corrected chi connectivity index (χ3v) is 5.59. The van der Waals surface area contributed by atoms with E-state index in [-0.39, 0.29) is 11.9 Å². The average Bonchev–Trinajstić information content (AvgIpc) is 3.22. The van der Waals surface area contributed by atoms with Gasteiger partial charge >= 0.3 is 0 Å². The predicted molar refractivity (Wildman–Crippen MR) is 118 cm³/mol. The van der Waals surface area contributed by atoms with E-state index in [1.54, 1.807) is 32.5 Å². The fraction of sp³-hybridized carbons (Fsp3) is 0.304. The van der Waals surface area contributed by atoms with E-state index < -0.39 is 0 Å². The van der Waals surface area contributed by atoms with Crippen molar-refractivity contribution in [1.29, 1.82) is 0 Å². The molecule has 0 aliphatic carbocycles. The summed E-state index contributed by atoms with van der Waals surface area (Å²) in [4.78, 5) is 15.9. The summed E-state index contributed by atoms with van der Waals surface area (Å²) in [5, 5.41) is 5.93. The number of rotatable bonds is 8. The first-order valence-electron chi connectivity index (χ1n) is 9.54. The zero-order chi connectivity index (χ0) is 20.8. The predicted octanol–water partition coefficient (Wildman–Crippen LogP) is 4.95. The van der Waals surface area contributed by atoms with Crippen molar-refractivity contribution in [3.8, 4) is 33.3 Å². The van der Waals surface area contributed by atoms with Crippen LogP contribution in [0.1, 0.15) is 25.8 Å². The van der Waals surface area contributed by atoms with Gasteiger partial charge in [-0.3, -0.25) is 4.79 Å². The lowest BCUT2D eigenvalue weighted by Gasteiger charge is -2.12. The second-order valence-electron chi connectivity index (χ2n) is 6.94. The van der Waals surface area contributed by atoms with Gasteiger partial charge in [0.05, 0.1) is 19.9 Å². The molecule has 0 unspecified atom stereocenters. The summed E-state index contributed by atoms with van der Waals surface area (Å²) < 4.78 is 10.7. The van der Waals surface area contributed by atoms with E-state index in [9.17, 15) is 4.79 Å². The number of amides is 1. The monoisotopic (exact) mass is 410 g/mol. The Balaban J connectivity index is 1.70. The number of hydrogen-bond donors (Lipinski definition) is 1. The van der Waals surface area contributed by atoms with Crippen molar-refractivity contribution in [1.82, 2.24) is 10.3 Å². The lowest BCUT2D eigenvalue weighted by atomic mass is 10.0. The van der Waals surface area contributed by atoms with Crippen LogP contribution in [0.25, 0.3) is 21.8 Å². The minimum atomic E-state index is 0.0154. The molecule has 1 aromatic heterocycles. The minimum absolute atomic E-state index is 0.0154. The van der Waals surface area contributed by atoms with Crippen LogP contribution in [0.2, 0.25) is 0 Å². The van der Waals surface area contributed by atoms with Gasteiger partial charge in [-0.05, 0) is 43.5 Å². The Kier molecular flexibility index (Phi) is 6.88. The number of carbonyl (C=O) groups excluding carboxylic acids is 1. The number of methoxy groups -OCH3 is 2. The fourth-order valence-corrected chi connectivity index (χ4v) is 3.98. The number of aromatic nitrogens is 1. The first kappa shape index (κ1) is 20.9. The largest absolute Gasteiger partial charge is 0.493 e. The Morgan fingerprint density at radius 1 is 1.07 bits per heavy atom. The van der Waals surface area contributed by atoms with Crippen molar-refractivity contribution in [3.05, 3.63) is 53.4 Å². The minimum Gasteiger partial charge on any atom is -0.493 e. The number of aryl methyl sites for hydroxylation is 1. The van der Waals surface area contributed by atoms with Crippen LogP contribution in [0.5, 0.6) is 11.5 Å². The van der Waals surface area contributed by atoms with E-state index in [1.807, 2.05) is 25.1 Å². The molecule has 0 aliphatic heterocycles. The quantitative estimate of drug-likeness (QED) is 0.571. The summed E-state index contributed by atoms with van der Waals surface area (Å²) in [5.74, 6) is 1.41. The number of thiazole rings is 1. The molecule has 0 spiro atoms. The molecule has 1 N–H and O–H groups in total. The molecule has 2 aromatic carbocycles. The van der Waals surface area contributed by atoms with E-state index in [4.69, 9.17) is 14.5 Å². The molecule has 0 saturated carbocycles. The Hall–Kier alpha value is -2.86. The van der Waals surface area contributed by atoms with E-state index in [0.29, 0.717) is 11.5 Å². The number of carbonyl (C=O) groups is 1. The van der Waals surface area contributed by atoms with Gasteiger partial charge in [-0.15, -0.1) is 11.3 Å². The van der Waals surface area contributed by atoms with E-state index >= 15 is 0 Å². The first-order chi connectivity index (χ1) is 14.0. The number of nitrogens with zero attached hydrogens (tertiary/aromatic N) is 1. The summed E-state index contributed by atoms with van der Waals surface area (Å²) in [6, 6.07) is 14.5. The molecule has 1 amide bonds. The summed E-state index contributed by atoms with van der Waals surface area (Å²) in [7, 11) is 3.26. The van der Waals surface area contributed by atoms with Crippen molar-refractivity contribution in [2.45, 2.75) is 32.7 Å². The van der Waals surface area contributed by atoms with Gasteiger partial charge in [-0.2, -0.15) is 0 Å². The first-order valence-corrected chi connectivity index (χ1v) is 10.4. The molecule has 152 valence electrons. The van der Waals surface area contributed by atoms with Crippen LogP contribution in [0, 0.1) is 0 Å². The van der Waals surface area contributed by atoms with Gasteiger partial charge in [-0.1, -0.05) is 24.3 Å². The van der Waals surface area contributed by atoms with Gasteiger partial charge in [0.15, 0.2) is 11.5 Å². The maximum absolute atomic E-state index is 11.1. The fourth-order valence-electron chi connectivity index (χ4n) is 3.15. The molecule has 0 radical (unpaired) electrons. The molecular weight excluding hydrogens is 384 g/mol. The number of hydrogen-bond acceptors (Lipinski definition) is 5.